The van der Waals surface area contributed by atoms with Gasteiger partial charge in [-0.15, -0.1) is 0 Å². The second-order valence-electron chi connectivity index (χ2n) is 5.97. The van der Waals surface area contributed by atoms with Crippen LogP contribution in [0.15, 0.2) is 0 Å². The Balaban J connectivity index is 2.27. The Hall–Kier alpha value is -0.650. The van der Waals surface area contributed by atoms with Gasteiger partial charge in [0.15, 0.2) is 0 Å². The summed E-state index contributed by atoms with van der Waals surface area (Å²) in [7, 11) is 4.05. The van der Waals surface area contributed by atoms with E-state index in [0.717, 1.165) is 13.0 Å². The molecule has 0 bridgehead atoms. The fraction of sp³-hybridized carbons (Fsp3) is 0.929. The minimum atomic E-state index is -0.0169. The predicted octanol–water partition coefficient (Wildman–Crippen LogP) is 0.757. The van der Waals surface area contributed by atoms with Crippen molar-refractivity contribution in [2.45, 2.75) is 39.4 Å². The molecule has 112 valence electrons. The molecular formula is C14H29N3O2. The summed E-state index contributed by atoms with van der Waals surface area (Å²) in [4.78, 5) is 16.2. The second kappa shape index (κ2) is 7.82. The van der Waals surface area contributed by atoms with Gasteiger partial charge in [0.05, 0.1) is 25.4 Å². The molecule has 2 unspecified atom stereocenters. The number of carbonyl (C=O) groups is 1. The molecule has 1 N–H and O–H groups in total. The van der Waals surface area contributed by atoms with E-state index in [1.54, 1.807) is 0 Å². The smallest absolute Gasteiger partial charge is 0.241 e. The van der Waals surface area contributed by atoms with E-state index < -0.39 is 0 Å². The zero-order chi connectivity index (χ0) is 14.4. The molecule has 1 fully saturated rings. The lowest BCUT2D eigenvalue weighted by molar-refractivity contribution is -0.130. The van der Waals surface area contributed by atoms with Gasteiger partial charge in [0.2, 0.25) is 5.91 Å². The van der Waals surface area contributed by atoms with E-state index in [-0.39, 0.29) is 18.1 Å². The molecule has 0 radical (unpaired) electrons. The van der Waals surface area contributed by atoms with Crippen LogP contribution in [0.4, 0.5) is 0 Å². The van der Waals surface area contributed by atoms with Crippen LogP contribution in [0.2, 0.25) is 0 Å². The number of likely N-dealkylation sites (N-methyl/N-ethyl adjacent to an activating group) is 1. The van der Waals surface area contributed by atoms with E-state index in [4.69, 9.17) is 4.74 Å². The number of nitrogens with zero attached hydrogens (tertiary/aromatic N) is 2. The molecule has 1 heterocycles. The van der Waals surface area contributed by atoms with Crippen LogP contribution in [-0.4, -0.2) is 68.3 Å². The summed E-state index contributed by atoms with van der Waals surface area (Å²) >= 11 is 0. The summed E-state index contributed by atoms with van der Waals surface area (Å²) < 4.78 is 5.56. The lowest BCUT2D eigenvalue weighted by Gasteiger charge is -2.21. The zero-order valence-corrected chi connectivity index (χ0v) is 13.0. The lowest BCUT2D eigenvalue weighted by Crippen LogP contribution is -2.37. The number of nitrogens with one attached hydrogen (secondary N) is 1. The van der Waals surface area contributed by atoms with Crippen molar-refractivity contribution in [3.05, 3.63) is 0 Å². The van der Waals surface area contributed by atoms with Crippen molar-refractivity contribution in [1.29, 1.82) is 0 Å². The van der Waals surface area contributed by atoms with Crippen molar-refractivity contribution >= 4 is 5.91 Å². The summed E-state index contributed by atoms with van der Waals surface area (Å²) in [6.45, 7) is 9.25. The number of carbonyl (C=O) groups excluding carboxylic acids is 1. The van der Waals surface area contributed by atoms with Crippen LogP contribution in [0.5, 0.6) is 0 Å². The minimum Gasteiger partial charge on any atom is -0.378 e. The van der Waals surface area contributed by atoms with Crippen LogP contribution in [0.1, 0.15) is 27.2 Å². The molecule has 1 aliphatic rings. The molecule has 1 amide bonds. The molecule has 2 atom stereocenters. The Morgan fingerprint density at radius 3 is 2.63 bits per heavy atom. The van der Waals surface area contributed by atoms with Gasteiger partial charge >= 0.3 is 0 Å². The van der Waals surface area contributed by atoms with E-state index in [2.05, 4.69) is 24.1 Å². The van der Waals surface area contributed by atoms with E-state index >= 15 is 0 Å². The van der Waals surface area contributed by atoms with E-state index in [1.165, 1.54) is 0 Å². The third-order valence-electron chi connectivity index (χ3n) is 3.36. The zero-order valence-electron chi connectivity index (χ0n) is 13.0. The van der Waals surface area contributed by atoms with Crippen molar-refractivity contribution in [3.63, 3.8) is 0 Å². The Morgan fingerprint density at radius 1 is 1.37 bits per heavy atom. The first-order valence-corrected chi connectivity index (χ1v) is 7.20. The molecule has 5 heteroatoms. The van der Waals surface area contributed by atoms with Crippen molar-refractivity contribution in [3.8, 4) is 0 Å². The molecule has 1 saturated heterocycles. The molecule has 0 spiro atoms. The first-order chi connectivity index (χ1) is 8.91. The van der Waals surface area contributed by atoms with Gasteiger partial charge in [0.25, 0.3) is 0 Å². The molecule has 19 heavy (non-hydrogen) atoms. The van der Waals surface area contributed by atoms with Crippen molar-refractivity contribution in [2.75, 3.05) is 40.4 Å². The molecular weight excluding hydrogens is 242 g/mol. The summed E-state index contributed by atoms with van der Waals surface area (Å²) in [5.41, 5.74) is 0. The maximum absolute atomic E-state index is 12.2. The topological polar surface area (TPSA) is 44.8 Å². The third kappa shape index (κ3) is 5.47. The second-order valence-corrected chi connectivity index (χ2v) is 5.97. The number of rotatable bonds is 8. The highest BCUT2D eigenvalue weighted by Crippen LogP contribution is 2.16. The molecule has 0 aromatic carbocycles. The van der Waals surface area contributed by atoms with Gasteiger partial charge in [0, 0.05) is 13.1 Å². The molecule has 5 nitrogen and oxygen atoms in total. The normalized spacial score (nSPS) is 23.9. The molecule has 0 aromatic rings. The summed E-state index contributed by atoms with van der Waals surface area (Å²) in [5, 5.41) is 3.36. The van der Waals surface area contributed by atoms with E-state index in [1.807, 2.05) is 25.9 Å². The fourth-order valence-electron chi connectivity index (χ4n) is 2.30. The Labute approximate surface area is 117 Å². The first-order valence-electron chi connectivity index (χ1n) is 7.20. The van der Waals surface area contributed by atoms with Crippen LogP contribution >= 0.6 is 0 Å². The average molecular weight is 271 g/mol. The number of amides is 1. The minimum absolute atomic E-state index is 0.0169. The Bertz CT molecular complexity index is 282. The molecule has 0 aliphatic carbocycles. The molecule has 0 saturated carbocycles. The largest absolute Gasteiger partial charge is 0.378 e. The third-order valence-corrected chi connectivity index (χ3v) is 3.36. The molecule has 0 aromatic heterocycles. The molecule has 1 aliphatic heterocycles. The van der Waals surface area contributed by atoms with Crippen LogP contribution in [0, 0.1) is 5.92 Å². The Morgan fingerprint density at radius 2 is 2.05 bits per heavy atom. The highest BCUT2D eigenvalue weighted by Gasteiger charge is 2.35. The van der Waals surface area contributed by atoms with Crippen molar-refractivity contribution < 1.29 is 9.53 Å². The Kier molecular flexibility index (Phi) is 6.75. The van der Waals surface area contributed by atoms with Crippen LogP contribution in [-0.2, 0) is 9.53 Å². The molecule has 1 rings (SSSR count). The van der Waals surface area contributed by atoms with Gasteiger partial charge in [-0.2, -0.15) is 0 Å². The number of ether oxygens (including phenoxy) is 1. The van der Waals surface area contributed by atoms with Crippen LogP contribution in [0.25, 0.3) is 0 Å². The van der Waals surface area contributed by atoms with Gasteiger partial charge in [-0.05, 0) is 33.4 Å². The van der Waals surface area contributed by atoms with Crippen molar-refractivity contribution in [2.24, 2.45) is 5.92 Å². The maximum atomic E-state index is 12.2. The lowest BCUT2D eigenvalue weighted by atomic mass is 10.0. The number of hydrogen-bond donors (Lipinski definition) is 1. The van der Waals surface area contributed by atoms with Crippen LogP contribution in [0.3, 0.4) is 0 Å². The highest BCUT2D eigenvalue weighted by molar-refractivity contribution is 5.84. The maximum Gasteiger partial charge on any atom is 0.241 e. The number of hydrogen-bond acceptors (Lipinski definition) is 4. The predicted molar refractivity (Wildman–Crippen MR) is 76.9 cm³/mol. The van der Waals surface area contributed by atoms with Crippen LogP contribution < -0.4 is 5.32 Å². The summed E-state index contributed by atoms with van der Waals surface area (Å²) in [6, 6.07) is -0.0169. The van der Waals surface area contributed by atoms with Gasteiger partial charge < -0.3 is 14.5 Å². The van der Waals surface area contributed by atoms with Gasteiger partial charge in [-0.1, -0.05) is 13.8 Å². The monoisotopic (exact) mass is 271 g/mol. The van der Waals surface area contributed by atoms with E-state index in [9.17, 15) is 4.79 Å². The quantitative estimate of drug-likeness (QED) is 0.662. The van der Waals surface area contributed by atoms with Crippen molar-refractivity contribution in [1.82, 2.24) is 15.1 Å². The standard InChI is InChI=1S/C14H29N3O2/c1-11(2)10-13-14(18)17(12(3)15-13)7-9-19-8-6-16(4)5/h11-13,15H,6-10H2,1-5H3. The first kappa shape index (κ1) is 16.4. The summed E-state index contributed by atoms with van der Waals surface area (Å²) in [6.07, 6.45) is 1.02. The highest BCUT2D eigenvalue weighted by atomic mass is 16.5. The SMILES string of the molecule is CC(C)CC1NC(C)N(CCOCCN(C)C)C1=O. The van der Waals surface area contributed by atoms with Gasteiger partial charge in [-0.25, -0.2) is 0 Å². The fourth-order valence-corrected chi connectivity index (χ4v) is 2.30. The van der Waals surface area contributed by atoms with Gasteiger partial charge in [-0.3, -0.25) is 10.1 Å². The van der Waals surface area contributed by atoms with E-state index in [0.29, 0.717) is 25.7 Å². The summed E-state index contributed by atoms with van der Waals surface area (Å²) in [5.74, 6) is 0.752. The van der Waals surface area contributed by atoms with Gasteiger partial charge in [0.1, 0.15) is 0 Å². The average Bonchev–Trinajstić information content (AvgIpc) is 2.54.